The predicted octanol–water partition coefficient (Wildman–Crippen LogP) is 1.29. The normalized spacial score (nSPS) is 23.7. The van der Waals surface area contributed by atoms with Crippen LogP contribution in [0.15, 0.2) is 0 Å². The highest BCUT2D eigenvalue weighted by Gasteiger charge is 2.53. The Morgan fingerprint density at radius 3 is 2.40 bits per heavy atom. The van der Waals surface area contributed by atoms with Gasteiger partial charge in [-0.05, 0) is 57.9 Å². The molecule has 3 heteroatoms. The second-order valence-electron chi connectivity index (χ2n) is 5.69. The number of likely N-dealkylation sites (N-methyl/N-ethyl adjacent to an activating group) is 1. The summed E-state index contributed by atoms with van der Waals surface area (Å²) >= 11 is 0. The summed E-state index contributed by atoms with van der Waals surface area (Å²) in [5, 5.41) is 6.13. The first-order valence-corrected chi connectivity index (χ1v) is 5.97. The smallest absolute Gasteiger partial charge is 0.239 e. The lowest BCUT2D eigenvalue weighted by Crippen LogP contribution is -2.52. The summed E-state index contributed by atoms with van der Waals surface area (Å²) in [4.78, 5) is 11.8. The van der Waals surface area contributed by atoms with Crippen molar-refractivity contribution in [2.45, 2.75) is 45.1 Å². The lowest BCUT2D eigenvalue weighted by Gasteiger charge is -2.24. The number of hydrogen-bond acceptors (Lipinski definition) is 2. The molecule has 2 fully saturated rings. The Morgan fingerprint density at radius 1 is 1.40 bits per heavy atom. The second-order valence-corrected chi connectivity index (χ2v) is 5.69. The molecule has 0 bridgehead atoms. The van der Waals surface area contributed by atoms with E-state index in [9.17, 15) is 4.79 Å². The van der Waals surface area contributed by atoms with Crippen LogP contribution < -0.4 is 10.6 Å². The quantitative estimate of drug-likeness (QED) is 0.718. The molecule has 0 aromatic heterocycles. The van der Waals surface area contributed by atoms with E-state index in [1.807, 2.05) is 20.9 Å². The molecule has 2 rings (SSSR count). The molecule has 0 spiro atoms. The number of carbonyl (C=O) groups excluding carboxylic acids is 1. The van der Waals surface area contributed by atoms with Crippen molar-refractivity contribution in [3.8, 4) is 0 Å². The molecule has 0 aliphatic heterocycles. The van der Waals surface area contributed by atoms with Crippen LogP contribution in [-0.2, 0) is 4.79 Å². The monoisotopic (exact) mass is 210 g/mol. The third kappa shape index (κ3) is 2.17. The van der Waals surface area contributed by atoms with Gasteiger partial charge in [0.1, 0.15) is 0 Å². The van der Waals surface area contributed by atoms with E-state index < -0.39 is 5.54 Å². The predicted molar refractivity (Wildman–Crippen MR) is 60.5 cm³/mol. The van der Waals surface area contributed by atoms with E-state index in [1.165, 1.54) is 25.7 Å². The number of nitrogens with one attached hydrogen (secondary N) is 2. The van der Waals surface area contributed by atoms with Gasteiger partial charge in [-0.3, -0.25) is 4.79 Å². The van der Waals surface area contributed by atoms with E-state index in [4.69, 9.17) is 0 Å². The van der Waals surface area contributed by atoms with Crippen LogP contribution in [-0.4, -0.2) is 25.0 Å². The molecular formula is C12H22N2O. The Morgan fingerprint density at radius 2 is 2.00 bits per heavy atom. The van der Waals surface area contributed by atoms with Crippen molar-refractivity contribution in [2.24, 2.45) is 11.3 Å². The molecule has 86 valence electrons. The Kier molecular flexibility index (Phi) is 2.53. The second kappa shape index (κ2) is 3.48. The minimum absolute atomic E-state index is 0.122. The molecule has 2 saturated carbocycles. The molecule has 3 nitrogen and oxygen atoms in total. The molecule has 0 saturated heterocycles. The van der Waals surface area contributed by atoms with Gasteiger partial charge in [-0.1, -0.05) is 0 Å². The van der Waals surface area contributed by atoms with Crippen molar-refractivity contribution in [3.63, 3.8) is 0 Å². The fourth-order valence-electron chi connectivity index (χ4n) is 2.18. The highest BCUT2D eigenvalue weighted by atomic mass is 16.2. The van der Waals surface area contributed by atoms with Gasteiger partial charge >= 0.3 is 0 Å². The van der Waals surface area contributed by atoms with Crippen LogP contribution in [0.4, 0.5) is 0 Å². The zero-order valence-electron chi connectivity index (χ0n) is 10.0. The van der Waals surface area contributed by atoms with Crippen LogP contribution in [0.3, 0.4) is 0 Å². The molecule has 15 heavy (non-hydrogen) atoms. The van der Waals surface area contributed by atoms with E-state index in [0.29, 0.717) is 5.41 Å². The van der Waals surface area contributed by atoms with Crippen LogP contribution >= 0.6 is 0 Å². The molecule has 0 atom stereocenters. The molecule has 0 radical (unpaired) electrons. The molecule has 0 aromatic rings. The van der Waals surface area contributed by atoms with Gasteiger partial charge in [0.15, 0.2) is 0 Å². The third-order valence-corrected chi connectivity index (χ3v) is 4.13. The molecule has 1 amide bonds. The zero-order chi connectivity index (χ0) is 11.1. The summed E-state index contributed by atoms with van der Waals surface area (Å²) in [6.07, 6.45) is 5.40. The Balaban J connectivity index is 1.80. The first-order chi connectivity index (χ1) is 7.00. The largest absolute Gasteiger partial charge is 0.354 e. The van der Waals surface area contributed by atoms with E-state index in [-0.39, 0.29) is 5.91 Å². The third-order valence-electron chi connectivity index (χ3n) is 4.13. The highest BCUT2D eigenvalue weighted by Crippen LogP contribution is 2.60. The number of rotatable bonds is 5. The number of hydrogen-bond donors (Lipinski definition) is 2. The first kappa shape index (κ1) is 10.9. The van der Waals surface area contributed by atoms with E-state index in [2.05, 4.69) is 10.6 Å². The summed E-state index contributed by atoms with van der Waals surface area (Å²) in [7, 11) is 1.83. The summed E-state index contributed by atoms with van der Waals surface area (Å²) in [6.45, 7) is 4.72. The van der Waals surface area contributed by atoms with Crippen molar-refractivity contribution in [3.05, 3.63) is 0 Å². The van der Waals surface area contributed by atoms with Crippen LogP contribution in [0.2, 0.25) is 0 Å². The van der Waals surface area contributed by atoms with Crippen LogP contribution in [0.5, 0.6) is 0 Å². The molecule has 2 aliphatic carbocycles. The van der Waals surface area contributed by atoms with Gasteiger partial charge in [0.05, 0.1) is 5.54 Å². The van der Waals surface area contributed by atoms with Gasteiger partial charge in [0, 0.05) is 6.54 Å². The Bertz CT molecular complexity index is 265. The maximum atomic E-state index is 11.8. The summed E-state index contributed by atoms with van der Waals surface area (Å²) < 4.78 is 0. The van der Waals surface area contributed by atoms with Crippen molar-refractivity contribution in [2.75, 3.05) is 13.6 Å². The fourth-order valence-corrected chi connectivity index (χ4v) is 2.18. The maximum Gasteiger partial charge on any atom is 0.239 e. The molecule has 0 heterocycles. The summed E-state index contributed by atoms with van der Waals surface area (Å²) in [6, 6.07) is 0. The average Bonchev–Trinajstić information content (AvgIpc) is 3.02. The lowest BCUT2D eigenvalue weighted by molar-refractivity contribution is -0.126. The van der Waals surface area contributed by atoms with Crippen LogP contribution in [0.1, 0.15) is 39.5 Å². The average molecular weight is 210 g/mol. The van der Waals surface area contributed by atoms with E-state index in [1.54, 1.807) is 0 Å². The van der Waals surface area contributed by atoms with Gasteiger partial charge in [-0.25, -0.2) is 0 Å². The summed E-state index contributed by atoms with van der Waals surface area (Å²) in [5.74, 6) is 1.03. The SMILES string of the molecule is CNC(C)(C)C(=O)NCC1(C2CC2)CC1. The van der Waals surface area contributed by atoms with Crippen molar-refractivity contribution in [1.82, 2.24) is 10.6 Å². The summed E-state index contributed by atoms with van der Waals surface area (Å²) in [5.41, 5.74) is 0.0547. The number of amides is 1. The minimum Gasteiger partial charge on any atom is -0.354 e. The van der Waals surface area contributed by atoms with E-state index in [0.717, 1.165) is 12.5 Å². The van der Waals surface area contributed by atoms with Gasteiger partial charge in [0.25, 0.3) is 0 Å². The molecule has 2 aliphatic rings. The standard InChI is InChI=1S/C12H22N2O/c1-11(2,13-3)10(15)14-8-12(6-7-12)9-4-5-9/h9,13H,4-8H2,1-3H3,(H,14,15). The van der Waals surface area contributed by atoms with E-state index >= 15 is 0 Å². The van der Waals surface area contributed by atoms with Gasteiger partial charge in [-0.2, -0.15) is 0 Å². The zero-order valence-corrected chi connectivity index (χ0v) is 10.0. The lowest BCUT2D eigenvalue weighted by atomic mass is 9.99. The fraction of sp³-hybridized carbons (Fsp3) is 0.917. The molecular weight excluding hydrogens is 188 g/mol. The van der Waals surface area contributed by atoms with Crippen molar-refractivity contribution in [1.29, 1.82) is 0 Å². The van der Waals surface area contributed by atoms with Gasteiger partial charge < -0.3 is 10.6 Å². The first-order valence-electron chi connectivity index (χ1n) is 5.97. The van der Waals surface area contributed by atoms with Crippen LogP contribution in [0.25, 0.3) is 0 Å². The minimum atomic E-state index is -0.445. The Labute approximate surface area is 92.0 Å². The molecule has 2 N–H and O–H groups in total. The molecule has 0 unspecified atom stereocenters. The Hall–Kier alpha value is -0.570. The van der Waals surface area contributed by atoms with Gasteiger partial charge in [0.2, 0.25) is 5.91 Å². The maximum absolute atomic E-state index is 11.8. The highest BCUT2D eigenvalue weighted by molar-refractivity contribution is 5.85. The topological polar surface area (TPSA) is 41.1 Å². The van der Waals surface area contributed by atoms with Gasteiger partial charge in [-0.15, -0.1) is 0 Å². The van der Waals surface area contributed by atoms with Crippen molar-refractivity contribution < 1.29 is 4.79 Å². The van der Waals surface area contributed by atoms with Crippen LogP contribution in [0, 0.1) is 11.3 Å². The van der Waals surface area contributed by atoms with Crippen molar-refractivity contribution >= 4 is 5.91 Å². The number of carbonyl (C=O) groups is 1. The molecule has 0 aromatic carbocycles.